The Morgan fingerprint density at radius 2 is 1.30 bits per heavy atom. The Kier molecular flexibility index (Phi) is 11.6. The van der Waals surface area contributed by atoms with E-state index in [0.29, 0.717) is 17.4 Å². The molecule has 0 bridgehead atoms. The van der Waals surface area contributed by atoms with Crippen LogP contribution in [0.2, 0.25) is 0 Å². The molecule has 1 aliphatic rings. The van der Waals surface area contributed by atoms with Crippen LogP contribution >= 0.6 is 11.8 Å². The third kappa shape index (κ3) is 8.87. The van der Waals surface area contributed by atoms with Crippen molar-refractivity contribution in [3.8, 4) is 33.7 Å². The number of aromatic nitrogens is 1. The molecule has 0 amide bonds. The lowest BCUT2D eigenvalue weighted by Crippen LogP contribution is -2.31. The maximum Gasteiger partial charge on any atom is 0.256 e. The summed E-state index contributed by atoms with van der Waals surface area (Å²) in [6, 6.07) is 52.2. The fourth-order valence-electron chi connectivity index (χ4n) is 6.71. The fourth-order valence-corrected chi connectivity index (χ4v) is 8.59. The van der Waals surface area contributed by atoms with E-state index >= 15 is 0 Å². The highest BCUT2D eigenvalue weighted by Crippen LogP contribution is 2.41. The van der Waals surface area contributed by atoms with E-state index in [-0.39, 0.29) is 30.3 Å². The van der Waals surface area contributed by atoms with Crippen LogP contribution in [0.5, 0.6) is 0 Å². The van der Waals surface area contributed by atoms with Gasteiger partial charge in [0.15, 0.2) is 12.1 Å². The molecule has 6 aromatic carbocycles. The van der Waals surface area contributed by atoms with Crippen molar-refractivity contribution in [1.29, 1.82) is 0 Å². The summed E-state index contributed by atoms with van der Waals surface area (Å²) < 4.78 is 48.3. The number of hydrogen-bond acceptors (Lipinski definition) is 8. The molecule has 2 N–H and O–H groups in total. The molecule has 1 aromatic heterocycles. The zero-order chi connectivity index (χ0) is 38.3. The van der Waals surface area contributed by atoms with Gasteiger partial charge < -0.3 is 19.0 Å². The smallest absolute Gasteiger partial charge is 0.256 e. The monoisotopic (exact) mass is 780 g/mol. The van der Waals surface area contributed by atoms with E-state index in [4.69, 9.17) is 18.9 Å². The van der Waals surface area contributed by atoms with Crippen LogP contribution in [0.15, 0.2) is 178 Å². The quantitative estimate of drug-likeness (QED) is 0.111. The number of ether oxygens (including phenoxy) is 2. The standard InChI is InChI=1S/C46H40N2O6S2/c49-30-32-22-24-34(25-23-32)42-28-40(31-55-46-48-43(35-13-4-1-5-14-35)44(54-46)36-15-6-2-7-16-36)52-45(53-42)39-19-11-18-38(27-39)37-17-10-12-33(26-37)29-47-56(50,51)41-20-8-3-9-21-41/h1-27,40,42,45,47,49H,28-31H2/t40-,42+,45+/m0/s1. The SMILES string of the molecule is O=S(=O)(NCc1cccc(-c2cccc([C@@H]3O[C@H](CSc4nc(-c5ccccc5)c(-c5ccccc5)o4)C[C@H](c4ccc(CO)cc4)O3)c2)c1)c1ccccc1. The lowest BCUT2D eigenvalue weighted by atomic mass is 9.99. The Hall–Kier alpha value is -5.33. The number of aliphatic hydroxyl groups is 1. The number of sulfonamides is 1. The Morgan fingerprint density at radius 1 is 0.661 bits per heavy atom. The molecule has 8 rings (SSSR count). The normalized spacial score (nSPS) is 17.1. The third-order valence-electron chi connectivity index (χ3n) is 9.64. The predicted octanol–water partition coefficient (Wildman–Crippen LogP) is 9.98. The number of thioether (sulfide) groups is 1. The van der Waals surface area contributed by atoms with E-state index in [9.17, 15) is 13.5 Å². The number of rotatable bonds is 13. The molecule has 0 unspecified atom stereocenters. The van der Waals surface area contributed by atoms with Crippen molar-refractivity contribution in [1.82, 2.24) is 9.71 Å². The average Bonchev–Trinajstić information content (AvgIpc) is 3.70. The van der Waals surface area contributed by atoms with Crippen LogP contribution in [0.4, 0.5) is 0 Å². The van der Waals surface area contributed by atoms with Gasteiger partial charge in [-0.05, 0) is 52.1 Å². The molecule has 2 heterocycles. The van der Waals surface area contributed by atoms with Gasteiger partial charge in [-0.3, -0.25) is 0 Å². The van der Waals surface area contributed by atoms with Crippen LogP contribution in [-0.4, -0.2) is 30.4 Å². The number of benzene rings is 6. The van der Waals surface area contributed by atoms with Crippen molar-refractivity contribution in [2.24, 2.45) is 0 Å². The molecule has 0 radical (unpaired) electrons. The lowest BCUT2D eigenvalue weighted by Gasteiger charge is -2.36. The van der Waals surface area contributed by atoms with E-state index in [0.717, 1.165) is 56.0 Å². The van der Waals surface area contributed by atoms with Crippen molar-refractivity contribution in [2.45, 2.75) is 48.2 Å². The number of oxazole rings is 1. The second kappa shape index (κ2) is 17.2. The van der Waals surface area contributed by atoms with Crippen LogP contribution in [0.1, 0.15) is 41.1 Å². The number of aliphatic hydroxyl groups excluding tert-OH is 1. The van der Waals surface area contributed by atoms with Crippen LogP contribution < -0.4 is 4.72 Å². The minimum absolute atomic E-state index is 0.0320. The molecule has 0 saturated carbocycles. The maximum absolute atomic E-state index is 12.9. The average molecular weight is 781 g/mol. The Labute approximate surface area is 331 Å². The Bertz CT molecular complexity index is 2420. The number of nitrogens with one attached hydrogen (secondary N) is 1. The molecule has 1 fully saturated rings. The molecular weight excluding hydrogens is 741 g/mol. The van der Waals surface area contributed by atoms with Gasteiger partial charge in [0.05, 0.1) is 23.7 Å². The van der Waals surface area contributed by atoms with Gasteiger partial charge in [-0.25, -0.2) is 18.1 Å². The molecule has 3 atom stereocenters. The molecule has 56 heavy (non-hydrogen) atoms. The zero-order valence-corrected chi connectivity index (χ0v) is 32.0. The first kappa shape index (κ1) is 37.6. The molecule has 1 aliphatic heterocycles. The molecule has 1 saturated heterocycles. The van der Waals surface area contributed by atoms with E-state index in [1.165, 1.54) is 11.8 Å². The highest BCUT2D eigenvalue weighted by Gasteiger charge is 2.33. The van der Waals surface area contributed by atoms with Crippen molar-refractivity contribution in [3.63, 3.8) is 0 Å². The summed E-state index contributed by atoms with van der Waals surface area (Å²) in [6.45, 7) is 0.121. The molecule has 7 aromatic rings. The molecule has 10 heteroatoms. The molecule has 282 valence electrons. The van der Waals surface area contributed by atoms with Gasteiger partial charge in [-0.2, -0.15) is 0 Å². The number of nitrogens with zero attached hydrogens (tertiary/aromatic N) is 1. The highest BCUT2D eigenvalue weighted by molar-refractivity contribution is 7.99. The maximum atomic E-state index is 12.9. The van der Waals surface area contributed by atoms with Gasteiger partial charge in [0.1, 0.15) is 5.69 Å². The predicted molar refractivity (Wildman–Crippen MR) is 219 cm³/mol. The third-order valence-corrected chi connectivity index (χ3v) is 12.0. The largest absolute Gasteiger partial charge is 0.431 e. The summed E-state index contributed by atoms with van der Waals surface area (Å²) >= 11 is 1.52. The summed E-state index contributed by atoms with van der Waals surface area (Å²) in [5.41, 5.74) is 8.14. The highest BCUT2D eigenvalue weighted by atomic mass is 32.2. The summed E-state index contributed by atoms with van der Waals surface area (Å²) in [4.78, 5) is 5.18. The first-order valence-electron chi connectivity index (χ1n) is 18.4. The second-order valence-electron chi connectivity index (χ2n) is 13.5. The lowest BCUT2D eigenvalue weighted by molar-refractivity contribution is -0.245. The first-order valence-corrected chi connectivity index (χ1v) is 20.9. The van der Waals surface area contributed by atoms with Gasteiger partial charge in [-0.15, -0.1) is 0 Å². The fraction of sp³-hybridized carbons (Fsp3) is 0.152. The van der Waals surface area contributed by atoms with Crippen molar-refractivity contribution >= 4 is 21.8 Å². The van der Waals surface area contributed by atoms with E-state index in [1.807, 2.05) is 127 Å². The van der Waals surface area contributed by atoms with E-state index < -0.39 is 16.3 Å². The minimum Gasteiger partial charge on any atom is -0.431 e. The van der Waals surface area contributed by atoms with E-state index in [1.54, 1.807) is 30.3 Å². The summed E-state index contributed by atoms with van der Waals surface area (Å²) in [5, 5.41) is 10.2. The number of hydrogen-bond donors (Lipinski definition) is 2. The first-order chi connectivity index (χ1) is 27.4. The van der Waals surface area contributed by atoms with Crippen molar-refractivity contribution in [3.05, 3.63) is 186 Å². The molecule has 8 nitrogen and oxygen atoms in total. The zero-order valence-electron chi connectivity index (χ0n) is 30.4. The Morgan fingerprint density at radius 3 is 2.02 bits per heavy atom. The summed E-state index contributed by atoms with van der Waals surface area (Å²) in [5.74, 6) is 1.30. The van der Waals surface area contributed by atoms with Crippen molar-refractivity contribution < 1.29 is 27.4 Å². The molecule has 0 spiro atoms. The van der Waals surface area contributed by atoms with Gasteiger partial charge in [-0.1, -0.05) is 151 Å². The van der Waals surface area contributed by atoms with Gasteiger partial charge in [0, 0.05) is 35.4 Å². The van der Waals surface area contributed by atoms with Crippen LogP contribution in [0.25, 0.3) is 33.7 Å². The summed E-state index contributed by atoms with van der Waals surface area (Å²) in [6.07, 6.45) is -0.526. The topological polar surface area (TPSA) is 111 Å². The summed E-state index contributed by atoms with van der Waals surface area (Å²) in [7, 11) is -3.65. The minimum atomic E-state index is -3.65. The second-order valence-corrected chi connectivity index (χ2v) is 16.3. The molecule has 0 aliphatic carbocycles. The van der Waals surface area contributed by atoms with Crippen LogP contribution in [-0.2, 0) is 32.6 Å². The van der Waals surface area contributed by atoms with Crippen molar-refractivity contribution in [2.75, 3.05) is 5.75 Å². The van der Waals surface area contributed by atoms with Crippen LogP contribution in [0, 0.1) is 0 Å². The van der Waals surface area contributed by atoms with E-state index in [2.05, 4.69) is 10.8 Å². The van der Waals surface area contributed by atoms with Gasteiger partial charge >= 0.3 is 0 Å². The van der Waals surface area contributed by atoms with Gasteiger partial charge in [0.25, 0.3) is 5.22 Å². The van der Waals surface area contributed by atoms with Crippen LogP contribution in [0.3, 0.4) is 0 Å². The van der Waals surface area contributed by atoms with Gasteiger partial charge in [0.2, 0.25) is 10.0 Å². The Balaban J connectivity index is 1.03. The molecular formula is C46H40N2O6S2.